The Bertz CT molecular complexity index is 1210. The number of benzene rings is 2. The summed E-state index contributed by atoms with van der Waals surface area (Å²) >= 11 is 18.4. The van der Waals surface area contributed by atoms with E-state index in [0.29, 0.717) is 17.7 Å². The second kappa shape index (κ2) is 12.9. The number of methoxy groups -OCH3 is 1. The normalized spacial score (nSPS) is 12.2. The number of amides is 2. The molecule has 0 aliphatic heterocycles. The van der Waals surface area contributed by atoms with Crippen LogP contribution in [0.15, 0.2) is 36.4 Å². The zero-order valence-corrected chi connectivity index (χ0v) is 23.8. The lowest BCUT2D eigenvalue weighted by Crippen LogP contribution is -2.53. The molecule has 0 aliphatic rings. The number of carbonyl (C=O) groups excluding carboxylic acids is 2. The molecule has 1 N–H and O–H groups in total. The van der Waals surface area contributed by atoms with Crippen molar-refractivity contribution in [3.8, 4) is 5.75 Å². The quantitative estimate of drug-likeness (QED) is 0.388. The van der Waals surface area contributed by atoms with Crippen LogP contribution in [-0.4, -0.2) is 57.1 Å². The first kappa shape index (κ1) is 30.0. The summed E-state index contributed by atoms with van der Waals surface area (Å²) in [5.41, 5.74) is 0.708. The molecule has 0 saturated carbocycles. The highest BCUT2D eigenvalue weighted by molar-refractivity contribution is 7.92. The fourth-order valence-electron chi connectivity index (χ4n) is 3.57. The van der Waals surface area contributed by atoms with Gasteiger partial charge in [-0.25, -0.2) is 8.42 Å². The molecule has 0 radical (unpaired) electrons. The molecule has 2 rings (SSSR count). The van der Waals surface area contributed by atoms with Gasteiger partial charge >= 0.3 is 0 Å². The van der Waals surface area contributed by atoms with E-state index in [9.17, 15) is 18.0 Å². The molecule has 0 aliphatic carbocycles. The van der Waals surface area contributed by atoms with Gasteiger partial charge < -0.3 is 15.0 Å². The topological polar surface area (TPSA) is 96.0 Å². The van der Waals surface area contributed by atoms with Crippen LogP contribution in [0, 0.1) is 0 Å². The van der Waals surface area contributed by atoms with E-state index in [4.69, 9.17) is 39.5 Å². The van der Waals surface area contributed by atoms with Gasteiger partial charge in [0, 0.05) is 12.6 Å². The van der Waals surface area contributed by atoms with E-state index in [1.165, 1.54) is 24.1 Å². The molecule has 0 aromatic heterocycles. The summed E-state index contributed by atoms with van der Waals surface area (Å²) in [5.74, 6) is -0.363. The molecule has 12 heteroatoms. The Hall–Kier alpha value is -2.20. The first-order chi connectivity index (χ1) is 16.8. The number of hydrogen-bond donors (Lipinski definition) is 1. The number of hydrogen-bond acceptors (Lipinski definition) is 5. The minimum atomic E-state index is -3.97. The average Bonchev–Trinajstić information content (AvgIpc) is 2.78. The van der Waals surface area contributed by atoms with E-state index in [1.54, 1.807) is 31.2 Å². The number of carbonyl (C=O) groups is 2. The first-order valence-electron chi connectivity index (χ1n) is 11.1. The van der Waals surface area contributed by atoms with Crippen LogP contribution in [-0.2, 0) is 26.2 Å². The van der Waals surface area contributed by atoms with Crippen molar-refractivity contribution in [1.29, 1.82) is 0 Å². The Morgan fingerprint density at radius 3 is 2.25 bits per heavy atom. The molecule has 36 heavy (non-hydrogen) atoms. The van der Waals surface area contributed by atoms with Crippen molar-refractivity contribution in [2.45, 2.75) is 45.8 Å². The van der Waals surface area contributed by atoms with Crippen LogP contribution in [0.1, 0.15) is 32.8 Å². The summed E-state index contributed by atoms with van der Waals surface area (Å²) in [7, 11) is -2.45. The van der Waals surface area contributed by atoms with E-state index >= 15 is 0 Å². The van der Waals surface area contributed by atoms with E-state index < -0.39 is 28.5 Å². The maximum absolute atomic E-state index is 13.7. The van der Waals surface area contributed by atoms with Crippen LogP contribution in [0.3, 0.4) is 0 Å². The standard InChI is InChI=1S/C24H30Cl3N3O5S/c1-6-21(24(32)28-15(2)3)29(13-16-8-7-9-17(10-16)35-4)23(31)14-30(36(5,33)34)22-12-19(26)18(25)11-20(22)27/h7-12,15,21H,6,13-14H2,1-5H3,(H,28,32). The first-order valence-corrected chi connectivity index (χ1v) is 14.1. The molecule has 2 aromatic rings. The zero-order valence-electron chi connectivity index (χ0n) is 20.7. The van der Waals surface area contributed by atoms with Crippen molar-refractivity contribution in [3.63, 3.8) is 0 Å². The van der Waals surface area contributed by atoms with Crippen molar-refractivity contribution >= 4 is 62.3 Å². The molecule has 2 aromatic carbocycles. The number of rotatable bonds is 11. The summed E-state index contributed by atoms with van der Waals surface area (Å²) in [5, 5.41) is 3.06. The van der Waals surface area contributed by atoms with Gasteiger partial charge in [-0.1, -0.05) is 53.9 Å². The molecule has 8 nitrogen and oxygen atoms in total. The third-order valence-electron chi connectivity index (χ3n) is 5.24. The largest absolute Gasteiger partial charge is 0.497 e. The lowest BCUT2D eigenvalue weighted by Gasteiger charge is -2.33. The molecule has 2 amide bonds. The number of anilines is 1. The van der Waals surface area contributed by atoms with Gasteiger partial charge in [-0.05, 0) is 50.1 Å². The van der Waals surface area contributed by atoms with E-state index in [1.807, 2.05) is 13.8 Å². The summed E-state index contributed by atoms with van der Waals surface area (Å²) in [6, 6.07) is 8.66. The van der Waals surface area contributed by atoms with E-state index in [2.05, 4.69) is 5.32 Å². The van der Waals surface area contributed by atoms with Crippen molar-refractivity contribution in [1.82, 2.24) is 10.2 Å². The average molecular weight is 579 g/mol. The van der Waals surface area contributed by atoms with Gasteiger partial charge in [0.1, 0.15) is 18.3 Å². The maximum Gasteiger partial charge on any atom is 0.244 e. The highest BCUT2D eigenvalue weighted by Crippen LogP contribution is 2.35. The Kier molecular flexibility index (Phi) is 10.7. The smallest absolute Gasteiger partial charge is 0.244 e. The second-order valence-corrected chi connectivity index (χ2v) is 11.6. The number of nitrogens with zero attached hydrogens (tertiary/aromatic N) is 2. The summed E-state index contributed by atoms with van der Waals surface area (Å²) in [6.07, 6.45) is 1.26. The molecule has 1 atom stereocenters. The molecule has 0 bridgehead atoms. The van der Waals surface area contributed by atoms with Gasteiger partial charge in [0.05, 0.1) is 34.1 Å². The minimum absolute atomic E-state index is 0.00271. The number of nitrogens with one attached hydrogen (secondary N) is 1. The SMILES string of the molecule is CCC(C(=O)NC(C)C)N(Cc1cccc(OC)c1)C(=O)CN(c1cc(Cl)c(Cl)cc1Cl)S(C)(=O)=O. The van der Waals surface area contributed by atoms with Crippen LogP contribution in [0.5, 0.6) is 5.75 Å². The molecule has 0 spiro atoms. The fraction of sp³-hybridized carbons (Fsp3) is 0.417. The van der Waals surface area contributed by atoms with Gasteiger partial charge in [-0.15, -0.1) is 0 Å². The number of ether oxygens (including phenoxy) is 1. The molecule has 0 fully saturated rings. The lowest BCUT2D eigenvalue weighted by molar-refractivity contribution is -0.140. The lowest BCUT2D eigenvalue weighted by atomic mass is 10.1. The molecule has 0 heterocycles. The number of sulfonamides is 1. The van der Waals surface area contributed by atoms with Crippen molar-refractivity contribution in [2.24, 2.45) is 0 Å². The predicted molar refractivity (Wildman–Crippen MR) is 145 cm³/mol. The molecular weight excluding hydrogens is 549 g/mol. The number of halogens is 3. The van der Waals surface area contributed by atoms with E-state index in [0.717, 1.165) is 10.6 Å². The summed E-state index contributed by atoms with van der Waals surface area (Å²) in [4.78, 5) is 28.1. The van der Waals surface area contributed by atoms with Crippen molar-refractivity contribution < 1.29 is 22.7 Å². The molecular formula is C24H30Cl3N3O5S. The highest BCUT2D eigenvalue weighted by atomic mass is 35.5. The highest BCUT2D eigenvalue weighted by Gasteiger charge is 2.32. The zero-order chi connectivity index (χ0) is 27.2. The van der Waals surface area contributed by atoms with Crippen LogP contribution in [0.4, 0.5) is 5.69 Å². The van der Waals surface area contributed by atoms with Gasteiger partial charge in [0.25, 0.3) is 0 Å². The Morgan fingerprint density at radius 1 is 1.06 bits per heavy atom. The molecule has 1 unspecified atom stereocenters. The van der Waals surface area contributed by atoms with Crippen LogP contribution < -0.4 is 14.4 Å². The molecule has 198 valence electrons. The third kappa shape index (κ3) is 7.90. The summed E-state index contributed by atoms with van der Waals surface area (Å²) in [6.45, 7) is 4.85. The Balaban J connectivity index is 2.52. The second-order valence-electron chi connectivity index (χ2n) is 8.45. The minimum Gasteiger partial charge on any atom is -0.497 e. The maximum atomic E-state index is 13.7. The van der Waals surface area contributed by atoms with Crippen molar-refractivity contribution in [3.05, 3.63) is 57.0 Å². The van der Waals surface area contributed by atoms with Crippen LogP contribution in [0.25, 0.3) is 0 Å². The van der Waals surface area contributed by atoms with Crippen LogP contribution >= 0.6 is 34.8 Å². The van der Waals surface area contributed by atoms with Gasteiger partial charge in [-0.3, -0.25) is 13.9 Å². The third-order valence-corrected chi connectivity index (χ3v) is 7.39. The fourth-order valence-corrected chi connectivity index (χ4v) is 5.11. The van der Waals surface area contributed by atoms with Crippen LogP contribution in [0.2, 0.25) is 15.1 Å². The summed E-state index contributed by atoms with van der Waals surface area (Å²) < 4.78 is 31.6. The van der Waals surface area contributed by atoms with Crippen molar-refractivity contribution in [2.75, 3.05) is 24.2 Å². The van der Waals surface area contributed by atoms with Gasteiger partial charge in [0.2, 0.25) is 21.8 Å². The van der Waals surface area contributed by atoms with Gasteiger partial charge in [-0.2, -0.15) is 0 Å². The Labute approximate surface area is 227 Å². The Morgan fingerprint density at radius 2 is 1.69 bits per heavy atom. The van der Waals surface area contributed by atoms with E-state index in [-0.39, 0.29) is 39.2 Å². The molecule has 0 saturated heterocycles. The predicted octanol–water partition coefficient (Wildman–Crippen LogP) is 4.75. The van der Waals surface area contributed by atoms with Gasteiger partial charge in [0.15, 0.2) is 0 Å². The monoisotopic (exact) mass is 577 g/mol.